The first-order valence-corrected chi connectivity index (χ1v) is 8.19. The molecule has 1 aromatic carbocycles. The van der Waals surface area contributed by atoms with Crippen LogP contribution >= 0.6 is 0 Å². The van der Waals surface area contributed by atoms with Crippen molar-refractivity contribution in [1.29, 1.82) is 0 Å². The van der Waals surface area contributed by atoms with Crippen LogP contribution in [0.4, 0.5) is 0 Å². The molecule has 0 atom stereocenters. The maximum absolute atomic E-state index is 11.7. The fourth-order valence-electron chi connectivity index (χ4n) is 2.43. The van der Waals surface area contributed by atoms with E-state index in [4.69, 9.17) is 4.52 Å². The molecule has 0 radical (unpaired) electrons. The molecule has 3 aromatic rings. The average molecular weight is 339 g/mol. The molecule has 0 fully saturated rings. The second-order valence-electron chi connectivity index (χ2n) is 6.38. The summed E-state index contributed by atoms with van der Waals surface area (Å²) in [5, 5.41) is 6.92. The maximum Gasteiger partial charge on any atom is 0.258 e. The number of nitrogens with one attached hydrogen (secondary N) is 1. The first-order chi connectivity index (χ1) is 12.0. The van der Waals surface area contributed by atoms with Gasteiger partial charge in [-0.3, -0.25) is 4.79 Å². The predicted octanol–water partition coefficient (Wildman–Crippen LogP) is 2.80. The minimum absolute atomic E-state index is 0.0665. The number of amides is 1. The molecule has 0 aliphatic carbocycles. The lowest BCUT2D eigenvalue weighted by molar-refractivity contribution is -0.121. The summed E-state index contributed by atoms with van der Waals surface area (Å²) in [7, 11) is 1.88. The summed E-state index contributed by atoms with van der Waals surface area (Å²) in [6, 6.07) is 7.70. The van der Waals surface area contributed by atoms with Gasteiger partial charge in [0.2, 0.25) is 11.7 Å². The molecule has 130 valence electrons. The molecule has 1 N–H and O–H groups in total. The number of nitrogens with zero attached hydrogens (tertiary/aromatic N) is 4. The quantitative estimate of drug-likeness (QED) is 0.746. The summed E-state index contributed by atoms with van der Waals surface area (Å²) in [5.74, 6) is 1.37. The van der Waals surface area contributed by atoms with Gasteiger partial charge in [-0.15, -0.1) is 0 Å². The van der Waals surface area contributed by atoms with E-state index in [1.54, 1.807) is 12.5 Å². The second kappa shape index (κ2) is 7.29. The Bertz CT molecular complexity index is 848. The summed E-state index contributed by atoms with van der Waals surface area (Å²) < 4.78 is 7.17. The van der Waals surface area contributed by atoms with Gasteiger partial charge in [-0.2, -0.15) is 4.98 Å². The van der Waals surface area contributed by atoms with Crippen LogP contribution in [0.2, 0.25) is 0 Å². The molecule has 0 spiro atoms. The molecule has 0 aliphatic heterocycles. The summed E-state index contributed by atoms with van der Waals surface area (Å²) in [6.45, 7) is 4.56. The van der Waals surface area contributed by atoms with E-state index in [1.807, 2.05) is 49.7 Å². The van der Waals surface area contributed by atoms with Crippen LogP contribution < -0.4 is 5.32 Å². The third kappa shape index (κ3) is 4.12. The number of benzene rings is 1. The molecule has 0 bridgehead atoms. The number of aromatic nitrogens is 4. The smallest absolute Gasteiger partial charge is 0.258 e. The summed E-state index contributed by atoms with van der Waals surface area (Å²) in [6.07, 6.45) is 3.92. The van der Waals surface area contributed by atoms with Gasteiger partial charge in [-0.1, -0.05) is 31.1 Å². The van der Waals surface area contributed by atoms with Crippen molar-refractivity contribution in [2.24, 2.45) is 13.0 Å². The fraction of sp³-hybridized carbons (Fsp3) is 0.333. The molecule has 0 saturated heterocycles. The molecule has 0 unspecified atom stereocenters. The Labute approximate surface area is 146 Å². The normalized spacial score (nSPS) is 11.0. The first kappa shape index (κ1) is 16.9. The van der Waals surface area contributed by atoms with E-state index in [1.165, 1.54) is 0 Å². The summed E-state index contributed by atoms with van der Waals surface area (Å²) in [4.78, 5) is 20.2. The molecule has 1 amide bonds. The van der Waals surface area contributed by atoms with Crippen LogP contribution in [0, 0.1) is 5.92 Å². The van der Waals surface area contributed by atoms with E-state index in [-0.39, 0.29) is 5.91 Å². The molecule has 25 heavy (non-hydrogen) atoms. The van der Waals surface area contributed by atoms with Gasteiger partial charge >= 0.3 is 0 Å². The monoisotopic (exact) mass is 339 g/mol. The largest absolute Gasteiger partial charge is 0.352 e. The lowest BCUT2D eigenvalue weighted by atomic mass is 10.1. The average Bonchev–Trinajstić information content (AvgIpc) is 3.21. The highest BCUT2D eigenvalue weighted by molar-refractivity contribution is 5.76. The van der Waals surface area contributed by atoms with Crippen LogP contribution in [0.5, 0.6) is 0 Å². The van der Waals surface area contributed by atoms with E-state index >= 15 is 0 Å². The van der Waals surface area contributed by atoms with Crippen molar-refractivity contribution in [3.8, 4) is 23.0 Å². The lowest BCUT2D eigenvalue weighted by Crippen LogP contribution is -2.23. The van der Waals surface area contributed by atoms with Crippen molar-refractivity contribution in [1.82, 2.24) is 25.0 Å². The van der Waals surface area contributed by atoms with Gasteiger partial charge in [0.05, 0.1) is 12.5 Å². The molecule has 7 nitrogen and oxygen atoms in total. The van der Waals surface area contributed by atoms with Crippen molar-refractivity contribution >= 4 is 5.91 Å². The van der Waals surface area contributed by atoms with Crippen molar-refractivity contribution < 1.29 is 9.32 Å². The first-order valence-electron chi connectivity index (χ1n) is 8.19. The van der Waals surface area contributed by atoms with Gasteiger partial charge in [0.1, 0.15) is 5.69 Å². The van der Waals surface area contributed by atoms with Gasteiger partial charge in [-0.25, -0.2) is 4.98 Å². The Hall–Kier alpha value is -2.96. The minimum Gasteiger partial charge on any atom is -0.352 e. The Kier molecular flexibility index (Phi) is 4.92. The van der Waals surface area contributed by atoms with Crippen LogP contribution in [-0.2, 0) is 18.4 Å². The molecule has 2 aromatic heterocycles. The summed E-state index contributed by atoms with van der Waals surface area (Å²) >= 11 is 0. The third-order valence-corrected chi connectivity index (χ3v) is 3.76. The van der Waals surface area contributed by atoms with Crippen molar-refractivity contribution in [3.63, 3.8) is 0 Å². The van der Waals surface area contributed by atoms with Crippen molar-refractivity contribution in [2.75, 3.05) is 0 Å². The van der Waals surface area contributed by atoms with Gasteiger partial charge < -0.3 is 14.4 Å². The van der Waals surface area contributed by atoms with Crippen LogP contribution in [0.25, 0.3) is 23.0 Å². The van der Waals surface area contributed by atoms with Gasteiger partial charge in [0, 0.05) is 25.6 Å². The highest BCUT2D eigenvalue weighted by atomic mass is 16.5. The van der Waals surface area contributed by atoms with E-state index in [9.17, 15) is 4.79 Å². The Balaban J connectivity index is 1.66. The van der Waals surface area contributed by atoms with Crippen molar-refractivity contribution in [2.45, 2.75) is 26.8 Å². The van der Waals surface area contributed by atoms with Crippen molar-refractivity contribution in [3.05, 3.63) is 42.4 Å². The zero-order valence-corrected chi connectivity index (χ0v) is 14.6. The molecule has 7 heteroatoms. The van der Waals surface area contributed by atoms with E-state index in [2.05, 4.69) is 20.4 Å². The molecule has 0 aliphatic rings. The predicted molar refractivity (Wildman–Crippen MR) is 93.2 cm³/mol. The highest BCUT2D eigenvalue weighted by Gasteiger charge is 2.13. The van der Waals surface area contributed by atoms with Crippen LogP contribution in [-0.4, -0.2) is 25.6 Å². The van der Waals surface area contributed by atoms with E-state index in [0.717, 1.165) is 16.8 Å². The zero-order chi connectivity index (χ0) is 17.8. The lowest BCUT2D eigenvalue weighted by Gasteiger charge is -2.07. The van der Waals surface area contributed by atoms with Gasteiger partial charge in [0.25, 0.3) is 5.89 Å². The molecule has 0 saturated carbocycles. The Morgan fingerprint density at radius 2 is 2.04 bits per heavy atom. The molecular weight excluding hydrogens is 318 g/mol. The number of carbonyl (C=O) groups is 1. The maximum atomic E-state index is 11.7. The van der Waals surface area contributed by atoms with Gasteiger partial charge in [0.15, 0.2) is 0 Å². The number of hydrogen-bond donors (Lipinski definition) is 1. The zero-order valence-electron chi connectivity index (χ0n) is 14.6. The number of aryl methyl sites for hydroxylation is 1. The SMILES string of the molecule is CC(C)CC(=O)NCc1ccc(-c2nc(-c3cncn3C)no2)cc1. The van der Waals surface area contributed by atoms with E-state index in [0.29, 0.717) is 30.6 Å². The minimum atomic E-state index is 0.0665. The molecule has 3 rings (SSSR count). The number of rotatable bonds is 6. The molecular formula is C18H21N5O2. The highest BCUT2D eigenvalue weighted by Crippen LogP contribution is 2.22. The number of carbonyl (C=O) groups excluding carboxylic acids is 1. The topological polar surface area (TPSA) is 85.8 Å². The summed E-state index contributed by atoms with van der Waals surface area (Å²) in [5.41, 5.74) is 2.64. The fourth-order valence-corrected chi connectivity index (χ4v) is 2.43. The Morgan fingerprint density at radius 1 is 1.28 bits per heavy atom. The van der Waals surface area contributed by atoms with Crippen LogP contribution in [0.3, 0.4) is 0 Å². The van der Waals surface area contributed by atoms with E-state index < -0.39 is 0 Å². The third-order valence-electron chi connectivity index (χ3n) is 3.76. The van der Waals surface area contributed by atoms with Crippen LogP contribution in [0.1, 0.15) is 25.8 Å². The van der Waals surface area contributed by atoms with Crippen LogP contribution in [0.15, 0.2) is 41.3 Å². The van der Waals surface area contributed by atoms with Gasteiger partial charge in [-0.05, 0) is 23.6 Å². The second-order valence-corrected chi connectivity index (χ2v) is 6.38. The Morgan fingerprint density at radius 3 is 2.68 bits per heavy atom. The molecule has 2 heterocycles. The number of imidazole rings is 1. The number of hydrogen-bond acceptors (Lipinski definition) is 5. The standard InChI is InChI=1S/C18H21N5O2/c1-12(2)8-16(24)20-9-13-4-6-14(7-5-13)18-21-17(22-25-18)15-10-19-11-23(15)3/h4-7,10-12H,8-9H2,1-3H3,(H,20,24).